The normalized spacial score (nSPS) is 18.8. The van der Waals surface area contributed by atoms with Crippen molar-refractivity contribution >= 4 is 28.2 Å². The molecule has 3 rings (SSSR count). The third-order valence-electron chi connectivity index (χ3n) is 2.92. The molecule has 3 heterocycles. The van der Waals surface area contributed by atoms with Gasteiger partial charge in [-0.25, -0.2) is 4.98 Å². The summed E-state index contributed by atoms with van der Waals surface area (Å²) in [5.74, 6) is 0.645. The van der Waals surface area contributed by atoms with Crippen LogP contribution in [0.3, 0.4) is 0 Å². The number of anilines is 2. The smallest absolute Gasteiger partial charge is 0.257 e. The van der Waals surface area contributed by atoms with E-state index in [4.69, 9.17) is 4.74 Å². The largest absolute Gasteiger partial charge is 0.365 e. The molecule has 1 amide bonds. The predicted molar refractivity (Wildman–Crippen MR) is 74.7 cm³/mol. The van der Waals surface area contributed by atoms with E-state index in [9.17, 15) is 4.79 Å². The quantitative estimate of drug-likeness (QED) is 0.900. The summed E-state index contributed by atoms with van der Waals surface area (Å²) in [6.07, 6.45) is 1.20. The van der Waals surface area contributed by atoms with Crippen LogP contribution in [-0.4, -0.2) is 46.9 Å². The van der Waals surface area contributed by atoms with Gasteiger partial charge in [0.25, 0.3) is 5.91 Å². The zero-order valence-corrected chi connectivity index (χ0v) is 11.4. The van der Waals surface area contributed by atoms with E-state index in [1.54, 1.807) is 11.7 Å². The first-order valence-corrected chi connectivity index (χ1v) is 7.05. The van der Waals surface area contributed by atoms with Gasteiger partial charge < -0.3 is 9.64 Å². The second kappa shape index (κ2) is 5.93. The average molecular weight is 291 g/mol. The van der Waals surface area contributed by atoms with E-state index < -0.39 is 6.10 Å². The van der Waals surface area contributed by atoms with Gasteiger partial charge in [0.1, 0.15) is 11.3 Å². The standard InChI is InChI=1S/C12H13N5O2S/c18-11(15-12-16-14-8-20-12)9-7-17(5-6-19-9)10-3-1-2-4-13-10/h1-4,8-9H,5-7H2,(H,15,16,18). The molecular weight excluding hydrogens is 278 g/mol. The highest BCUT2D eigenvalue weighted by Gasteiger charge is 2.27. The number of rotatable bonds is 3. The number of hydrogen-bond donors (Lipinski definition) is 1. The minimum Gasteiger partial charge on any atom is -0.365 e. The maximum atomic E-state index is 12.1. The first-order valence-electron chi connectivity index (χ1n) is 6.17. The minimum atomic E-state index is -0.533. The van der Waals surface area contributed by atoms with Crippen LogP contribution in [-0.2, 0) is 9.53 Å². The second-order valence-corrected chi connectivity index (χ2v) is 5.06. The lowest BCUT2D eigenvalue weighted by molar-refractivity contribution is -0.128. The Morgan fingerprint density at radius 2 is 2.45 bits per heavy atom. The summed E-state index contributed by atoms with van der Waals surface area (Å²) in [4.78, 5) is 18.4. The monoisotopic (exact) mass is 291 g/mol. The van der Waals surface area contributed by atoms with E-state index in [-0.39, 0.29) is 5.91 Å². The molecular formula is C12H13N5O2S. The van der Waals surface area contributed by atoms with Gasteiger partial charge in [-0.05, 0) is 12.1 Å². The Morgan fingerprint density at radius 3 is 3.20 bits per heavy atom. The van der Waals surface area contributed by atoms with Gasteiger partial charge in [0.15, 0.2) is 6.10 Å². The van der Waals surface area contributed by atoms with E-state index >= 15 is 0 Å². The molecule has 1 fully saturated rings. The van der Waals surface area contributed by atoms with Crippen LogP contribution in [0.5, 0.6) is 0 Å². The fourth-order valence-corrected chi connectivity index (χ4v) is 2.42. The van der Waals surface area contributed by atoms with Crippen LogP contribution in [0.15, 0.2) is 29.9 Å². The molecule has 7 nitrogen and oxygen atoms in total. The summed E-state index contributed by atoms with van der Waals surface area (Å²) in [5, 5.41) is 10.6. The Kier molecular flexibility index (Phi) is 3.84. The van der Waals surface area contributed by atoms with Crippen LogP contribution in [0.4, 0.5) is 10.9 Å². The van der Waals surface area contributed by atoms with E-state index in [0.29, 0.717) is 18.3 Å². The first kappa shape index (κ1) is 12.9. The summed E-state index contributed by atoms with van der Waals surface area (Å²) in [6, 6.07) is 5.71. The molecule has 104 valence electrons. The molecule has 2 aromatic heterocycles. The highest BCUT2D eigenvalue weighted by atomic mass is 32.1. The zero-order chi connectivity index (χ0) is 13.8. The van der Waals surface area contributed by atoms with Gasteiger partial charge in [-0.1, -0.05) is 17.4 Å². The van der Waals surface area contributed by atoms with Crippen molar-refractivity contribution in [1.29, 1.82) is 0 Å². The lowest BCUT2D eigenvalue weighted by Gasteiger charge is -2.32. The molecule has 1 saturated heterocycles. The van der Waals surface area contributed by atoms with E-state index in [1.807, 2.05) is 23.1 Å². The molecule has 8 heteroatoms. The number of aromatic nitrogens is 3. The number of carbonyl (C=O) groups excluding carboxylic acids is 1. The van der Waals surface area contributed by atoms with E-state index in [2.05, 4.69) is 20.5 Å². The maximum Gasteiger partial charge on any atom is 0.257 e. The summed E-state index contributed by atoms with van der Waals surface area (Å²) >= 11 is 1.28. The van der Waals surface area contributed by atoms with Crippen LogP contribution < -0.4 is 10.2 Å². The van der Waals surface area contributed by atoms with Crippen LogP contribution >= 0.6 is 11.3 Å². The number of nitrogens with zero attached hydrogens (tertiary/aromatic N) is 4. The number of nitrogens with one attached hydrogen (secondary N) is 1. The average Bonchev–Trinajstić information content (AvgIpc) is 3.01. The van der Waals surface area contributed by atoms with Gasteiger partial charge in [0.2, 0.25) is 5.13 Å². The third kappa shape index (κ3) is 2.91. The van der Waals surface area contributed by atoms with Gasteiger partial charge in [0, 0.05) is 12.7 Å². The Labute approximate surface area is 119 Å². The lowest BCUT2D eigenvalue weighted by atomic mass is 10.2. The molecule has 0 bridgehead atoms. The predicted octanol–water partition coefficient (Wildman–Crippen LogP) is 0.777. The van der Waals surface area contributed by atoms with Crippen molar-refractivity contribution in [2.75, 3.05) is 29.9 Å². The molecule has 0 aromatic carbocycles. The molecule has 0 spiro atoms. The van der Waals surface area contributed by atoms with Gasteiger partial charge >= 0.3 is 0 Å². The SMILES string of the molecule is O=C(Nc1nncs1)C1CN(c2ccccn2)CCO1. The van der Waals surface area contributed by atoms with Crippen LogP contribution in [0.2, 0.25) is 0 Å². The van der Waals surface area contributed by atoms with Crippen molar-refractivity contribution in [3.63, 3.8) is 0 Å². The molecule has 0 aliphatic carbocycles. The maximum absolute atomic E-state index is 12.1. The molecule has 0 radical (unpaired) electrons. The van der Waals surface area contributed by atoms with Gasteiger partial charge in [-0.2, -0.15) is 0 Å². The molecule has 2 aromatic rings. The van der Waals surface area contributed by atoms with Gasteiger partial charge in [-0.3, -0.25) is 10.1 Å². The van der Waals surface area contributed by atoms with Crippen LogP contribution in [0.25, 0.3) is 0 Å². The zero-order valence-electron chi connectivity index (χ0n) is 10.6. The summed E-state index contributed by atoms with van der Waals surface area (Å²) in [6.45, 7) is 1.69. The van der Waals surface area contributed by atoms with E-state index in [1.165, 1.54) is 11.3 Å². The molecule has 20 heavy (non-hydrogen) atoms. The minimum absolute atomic E-state index is 0.206. The molecule has 0 saturated carbocycles. The van der Waals surface area contributed by atoms with Gasteiger partial charge in [-0.15, -0.1) is 10.2 Å². The van der Waals surface area contributed by atoms with Crippen molar-refractivity contribution in [2.45, 2.75) is 6.10 Å². The van der Waals surface area contributed by atoms with Crippen molar-refractivity contribution in [2.24, 2.45) is 0 Å². The van der Waals surface area contributed by atoms with E-state index in [0.717, 1.165) is 12.4 Å². The number of morpholine rings is 1. The second-order valence-electron chi connectivity index (χ2n) is 4.23. The topological polar surface area (TPSA) is 80.2 Å². The Bertz CT molecular complexity index is 562. The molecule has 1 atom stereocenters. The van der Waals surface area contributed by atoms with Crippen molar-refractivity contribution in [3.8, 4) is 0 Å². The fourth-order valence-electron chi connectivity index (χ4n) is 1.97. The molecule has 1 unspecified atom stereocenters. The number of carbonyl (C=O) groups is 1. The summed E-state index contributed by atoms with van der Waals surface area (Å²) in [7, 11) is 0. The van der Waals surface area contributed by atoms with Crippen LogP contribution in [0.1, 0.15) is 0 Å². The Balaban J connectivity index is 1.64. The first-order chi connectivity index (χ1) is 9.83. The number of pyridine rings is 1. The van der Waals surface area contributed by atoms with Gasteiger partial charge in [0.05, 0.1) is 13.2 Å². The highest BCUT2D eigenvalue weighted by Crippen LogP contribution is 2.16. The molecule has 1 N–H and O–H groups in total. The molecule has 1 aliphatic heterocycles. The summed E-state index contributed by atoms with van der Waals surface area (Å²) < 4.78 is 5.52. The lowest BCUT2D eigenvalue weighted by Crippen LogP contribution is -2.48. The van der Waals surface area contributed by atoms with Crippen molar-refractivity contribution in [1.82, 2.24) is 15.2 Å². The van der Waals surface area contributed by atoms with Crippen molar-refractivity contribution < 1.29 is 9.53 Å². The number of hydrogen-bond acceptors (Lipinski definition) is 7. The third-order valence-corrected chi connectivity index (χ3v) is 3.53. The van der Waals surface area contributed by atoms with Crippen LogP contribution in [0, 0.1) is 0 Å². The molecule has 1 aliphatic rings. The summed E-state index contributed by atoms with van der Waals surface area (Å²) in [5.41, 5.74) is 1.57. The highest BCUT2D eigenvalue weighted by molar-refractivity contribution is 7.13. The number of ether oxygens (including phenoxy) is 1. The Hall–Kier alpha value is -2.06. The fraction of sp³-hybridized carbons (Fsp3) is 0.333. The van der Waals surface area contributed by atoms with Crippen molar-refractivity contribution in [3.05, 3.63) is 29.9 Å². The Morgan fingerprint density at radius 1 is 1.50 bits per heavy atom. The number of amides is 1.